The van der Waals surface area contributed by atoms with Crippen LogP contribution in [0.5, 0.6) is 0 Å². The molecule has 0 aliphatic carbocycles. The zero-order valence-electron chi connectivity index (χ0n) is 22.7. The molecular weight excluding hydrogens is 460 g/mol. The molecule has 0 bridgehead atoms. The van der Waals surface area contributed by atoms with Gasteiger partial charge in [-0.05, 0) is 47.1 Å². The fourth-order valence-electron chi connectivity index (χ4n) is 4.96. The quantitative estimate of drug-likeness (QED) is 0.316. The lowest BCUT2D eigenvalue weighted by molar-refractivity contribution is -0.930. The van der Waals surface area contributed by atoms with E-state index in [1.807, 2.05) is 71.9 Å². The van der Waals surface area contributed by atoms with E-state index in [-0.39, 0.29) is 43.0 Å². The zero-order chi connectivity index (χ0) is 26.6. The molecule has 8 heteroatoms. The van der Waals surface area contributed by atoms with E-state index in [1.54, 1.807) is 4.90 Å². The summed E-state index contributed by atoms with van der Waals surface area (Å²) in [6, 6.07) is 9.67. The summed E-state index contributed by atoms with van der Waals surface area (Å²) in [5.74, 6) is -0.288. The minimum absolute atomic E-state index is 0.168. The molecule has 1 aromatic rings. The summed E-state index contributed by atoms with van der Waals surface area (Å²) >= 11 is 0. The van der Waals surface area contributed by atoms with Crippen LogP contribution in [0.2, 0.25) is 0 Å². The molecule has 0 spiro atoms. The van der Waals surface area contributed by atoms with Crippen LogP contribution in [0.3, 0.4) is 0 Å². The van der Waals surface area contributed by atoms with Gasteiger partial charge in [-0.2, -0.15) is 0 Å². The van der Waals surface area contributed by atoms with Crippen molar-refractivity contribution in [2.75, 3.05) is 39.3 Å². The number of hydrogen-bond acceptors (Lipinski definition) is 6. The van der Waals surface area contributed by atoms with Gasteiger partial charge in [-0.3, -0.25) is 4.79 Å². The van der Waals surface area contributed by atoms with Crippen molar-refractivity contribution in [1.82, 2.24) is 4.90 Å². The molecule has 0 aromatic heterocycles. The first-order chi connectivity index (χ1) is 16.7. The van der Waals surface area contributed by atoms with Gasteiger partial charge in [0.05, 0.1) is 25.6 Å². The van der Waals surface area contributed by atoms with Crippen molar-refractivity contribution in [3.05, 3.63) is 35.9 Å². The molecule has 0 N–H and O–H groups in total. The van der Waals surface area contributed by atoms with Crippen LogP contribution >= 0.6 is 0 Å². The van der Waals surface area contributed by atoms with Gasteiger partial charge in [-0.1, -0.05) is 30.3 Å². The summed E-state index contributed by atoms with van der Waals surface area (Å²) < 4.78 is 17.3. The van der Waals surface area contributed by atoms with Crippen LogP contribution in [0, 0.1) is 11.8 Å². The van der Waals surface area contributed by atoms with Crippen molar-refractivity contribution in [3.63, 3.8) is 0 Å². The van der Waals surface area contributed by atoms with E-state index in [1.165, 1.54) is 0 Å². The van der Waals surface area contributed by atoms with Crippen molar-refractivity contribution >= 4 is 18.0 Å². The molecule has 200 valence electrons. The molecule has 0 unspecified atom stereocenters. The maximum absolute atomic E-state index is 12.8. The van der Waals surface area contributed by atoms with Gasteiger partial charge in [0.2, 0.25) is 0 Å². The van der Waals surface area contributed by atoms with Crippen molar-refractivity contribution in [3.8, 4) is 0 Å². The average Bonchev–Trinajstić information content (AvgIpc) is 2.73. The summed E-state index contributed by atoms with van der Waals surface area (Å²) in [4.78, 5) is 39.6. The number of hydrogen-bond donors (Lipinski definition) is 0. The van der Waals surface area contributed by atoms with E-state index in [0.717, 1.165) is 12.1 Å². The van der Waals surface area contributed by atoms with Crippen molar-refractivity contribution in [2.45, 2.75) is 72.2 Å². The van der Waals surface area contributed by atoms with E-state index in [4.69, 9.17) is 14.2 Å². The van der Waals surface area contributed by atoms with Crippen LogP contribution < -0.4 is 0 Å². The summed E-state index contributed by atoms with van der Waals surface area (Å²) in [6.07, 6.45) is 1.04. The van der Waals surface area contributed by atoms with Crippen molar-refractivity contribution in [1.29, 1.82) is 0 Å². The van der Waals surface area contributed by atoms with Crippen LogP contribution in [-0.4, -0.2) is 77.9 Å². The molecule has 8 nitrogen and oxygen atoms in total. The highest BCUT2D eigenvalue weighted by Gasteiger charge is 2.45. The number of carbonyl (C=O) groups excluding carboxylic acids is 3. The van der Waals surface area contributed by atoms with Gasteiger partial charge in [0.25, 0.3) is 0 Å². The molecule has 36 heavy (non-hydrogen) atoms. The maximum atomic E-state index is 12.8. The lowest BCUT2D eigenvalue weighted by Gasteiger charge is -2.48. The van der Waals surface area contributed by atoms with E-state index in [2.05, 4.69) is 0 Å². The Kier molecular flexibility index (Phi) is 8.70. The Morgan fingerprint density at radius 2 is 1.50 bits per heavy atom. The number of esters is 2. The summed E-state index contributed by atoms with van der Waals surface area (Å²) in [5, 5.41) is 0. The Labute approximate surface area is 215 Å². The number of benzene rings is 1. The molecule has 0 saturated carbocycles. The van der Waals surface area contributed by atoms with E-state index in [9.17, 15) is 14.4 Å². The first-order valence-electron chi connectivity index (χ1n) is 13.0. The van der Waals surface area contributed by atoms with Gasteiger partial charge >= 0.3 is 18.0 Å². The second-order valence-corrected chi connectivity index (χ2v) is 12.3. The number of piperidine rings is 1. The third-order valence-corrected chi connectivity index (χ3v) is 6.60. The fraction of sp³-hybridized carbons (Fsp3) is 0.679. The molecule has 2 aliphatic rings. The lowest BCUT2D eigenvalue weighted by atomic mass is 9.91. The number of amides is 1. The van der Waals surface area contributed by atoms with E-state index in [0.29, 0.717) is 43.5 Å². The Bertz CT molecular complexity index is 904. The molecule has 2 saturated heterocycles. The van der Waals surface area contributed by atoms with Crippen LogP contribution in [0.4, 0.5) is 4.79 Å². The van der Waals surface area contributed by atoms with Crippen LogP contribution in [0.25, 0.3) is 0 Å². The average molecular weight is 504 g/mol. The number of carbonyl (C=O) groups is 3. The summed E-state index contributed by atoms with van der Waals surface area (Å²) in [7, 11) is 0. The fourth-order valence-corrected chi connectivity index (χ4v) is 4.96. The van der Waals surface area contributed by atoms with Gasteiger partial charge < -0.3 is 23.6 Å². The monoisotopic (exact) mass is 503 g/mol. The zero-order valence-corrected chi connectivity index (χ0v) is 22.7. The first kappa shape index (κ1) is 28.0. The van der Waals surface area contributed by atoms with Gasteiger partial charge in [-0.15, -0.1) is 0 Å². The Balaban J connectivity index is 1.57. The number of quaternary nitrogens is 1. The largest absolute Gasteiger partial charge is 0.461 e. The van der Waals surface area contributed by atoms with Crippen molar-refractivity contribution in [2.24, 2.45) is 11.8 Å². The third kappa shape index (κ3) is 8.50. The standard InChI is InChI=1S/C28H43N2O6/c1-27(2,3)35-24(31)19-30(18-22-16-29(17-22)26(33)36-28(4,5)6)14-12-23(13-15-30)25(32)34-20-21-10-8-7-9-11-21/h7-11,22-23H,12-20H2,1-6H3/q+1. The maximum Gasteiger partial charge on any atom is 0.410 e. The Hall–Kier alpha value is -2.61. The number of rotatable bonds is 7. The second-order valence-electron chi connectivity index (χ2n) is 12.3. The highest BCUT2D eigenvalue weighted by Crippen LogP contribution is 2.30. The second kappa shape index (κ2) is 11.2. The predicted octanol–water partition coefficient (Wildman–Crippen LogP) is 4.17. The van der Waals surface area contributed by atoms with Gasteiger partial charge in [-0.25, -0.2) is 9.59 Å². The van der Waals surface area contributed by atoms with Crippen LogP contribution in [-0.2, 0) is 30.4 Å². The predicted molar refractivity (Wildman–Crippen MR) is 136 cm³/mol. The number of ether oxygens (including phenoxy) is 3. The van der Waals surface area contributed by atoms with Gasteiger partial charge in [0.15, 0.2) is 6.54 Å². The van der Waals surface area contributed by atoms with E-state index < -0.39 is 11.2 Å². The van der Waals surface area contributed by atoms with E-state index >= 15 is 0 Å². The molecule has 0 atom stereocenters. The highest BCUT2D eigenvalue weighted by atomic mass is 16.6. The van der Waals surface area contributed by atoms with Gasteiger partial charge in [0.1, 0.15) is 17.8 Å². The lowest BCUT2D eigenvalue weighted by Crippen LogP contribution is -2.63. The molecule has 2 aliphatic heterocycles. The molecule has 2 heterocycles. The molecule has 0 radical (unpaired) electrons. The molecule has 1 amide bonds. The van der Waals surface area contributed by atoms with Gasteiger partial charge in [0, 0.05) is 31.8 Å². The Morgan fingerprint density at radius 3 is 2.06 bits per heavy atom. The molecule has 1 aromatic carbocycles. The highest BCUT2D eigenvalue weighted by molar-refractivity contribution is 5.73. The van der Waals surface area contributed by atoms with Crippen molar-refractivity contribution < 1.29 is 33.1 Å². The topological polar surface area (TPSA) is 82.1 Å². The smallest absolute Gasteiger partial charge is 0.410 e. The number of nitrogens with zero attached hydrogens (tertiary/aromatic N) is 2. The molecule has 3 rings (SSSR count). The summed E-state index contributed by atoms with van der Waals surface area (Å²) in [5.41, 5.74) is -0.106. The Morgan fingerprint density at radius 1 is 0.917 bits per heavy atom. The SMILES string of the molecule is CC(C)(C)OC(=O)C[N+]1(CC2CN(C(=O)OC(C)(C)C)C2)CCC(C(=O)OCc2ccccc2)CC1. The summed E-state index contributed by atoms with van der Waals surface area (Å²) in [6.45, 7) is 15.1. The molecular formula is C28H43N2O6+. The number of likely N-dealkylation sites (tertiary alicyclic amines) is 2. The first-order valence-corrected chi connectivity index (χ1v) is 13.0. The normalized spacial score (nSPS) is 22.9. The molecule has 2 fully saturated rings. The van der Waals surface area contributed by atoms with Crippen LogP contribution in [0.1, 0.15) is 59.9 Å². The minimum Gasteiger partial charge on any atom is -0.461 e. The minimum atomic E-state index is -0.551. The third-order valence-electron chi connectivity index (χ3n) is 6.60. The van der Waals surface area contributed by atoms with Crippen LogP contribution in [0.15, 0.2) is 30.3 Å².